The van der Waals surface area contributed by atoms with Crippen LogP contribution in [0.25, 0.3) is 5.65 Å². The van der Waals surface area contributed by atoms with Gasteiger partial charge in [0.25, 0.3) is 0 Å². The Hall–Kier alpha value is -2.02. The Morgan fingerprint density at radius 2 is 2.33 bits per heavy atom. The first-order valence-corrected chi connectivity index (χ1v) is 4.76. The van der Waals surface area contributed by atoms with Crippen LogP contribution in [0.2, 0.25) is 0 Å². The molecule has 0 spiro atoms. The molecule has 1 atom stereocenters. The Labute approximate surface area is 88.3 Å². The lowest BCUT2D eigenvalue weighted by molar-refractivity contribution is 0.900. The van der Waals surface area contributed by atoms with E-state index in [4.69, 9.17) is 6.42 Å². The number of anilines is 1. The van der Waals surface area contributed by atoms with Gasteiger partial charge in [0.05, 0.1) is 6.04 Å². The van der Waals surface area contributed by atoms with E-state index in [1.54, 1.807) is 4.52 Å². The van der Waals surface area contributed by atoms with Crippen molar-refractivity contribution in [2.45, 2.75) is 19.9 Å². The lowest BCUT2D eigenvalue weighted by Gasteiger charge is -2.02. The van der Waals surface area contributed by atoms with Crippen molar-refractivity contribution >= 4 is 11.6 Å². The van der Waals surface area contributed by atoms with E-state index in [0.29, 0.717) is 5.95 Å². The summed E-state index contributed by atoms with van der Waals surface area (Å²) in [6.45, 7) is 3.87. The highest BCUT2D eigenvalue weighted by Gasteiger charge is 2.05. The number of aromatic nitrogens is 3. The van der Waals surface area contributed by atoms with Crippen molar-refractivity contribution in [1.29, 1.82) is 0 Å². The normalized spacial score (nSPS) is 12.3. The quantitative estimate of drug-likeness (QED) is 0.746. The molecule has 0 saturated carbocycles. The molecule has 4 heteroatoms. The number of hydrogen-bond donors (Lipinski definition) is 1. The number of terminal acetylenes is 1. The van der Waals surface area contributed by atoms with E-state index in [2.05, 4.69) is 21.3 Å². The van der Waals surface area contributed by atoms with Gasteiger partial charge >= 0.3 is 0 Å². The van der Waals surface area contributed by atoms with Crippen LogP contribution in [0.1, 0.15) is 12.6 Å². The topological polar surface area (TPSA) is 42.2 Å². The second-order valence-electron chi connectivity index (χ2n) is 3.41. The van der Waals surface area contributed by atoms with Crippen LogP contribution in [0.5, 0.6) is 0 Å². The molecule has 15 heavy (non-hydrogen) atoms. The molecular formula is C11H12N4. The number of pyridine rings is 1. The monoisotopic (exact) mass is 200 g/mol. The first-order chi connectivity index (χ1) is 7.20. The van der Waals surface area contributed by atoms with Crippen molar-refractivity contribution < 1.29 is 0 Å². The summed E-state index contributed by atoms with van der Waals surface area (Å²) in [7, 11) is 0. The zero-order valence-electron chi connectivity index (χ0n) is 8.73. The molecule has 2 rings (SSSR count). The molecule has 2 aromatic heterocycles. The zero-order chi connectivity index (χ0) is 10.8. The SMILES string of the molecule is C#CC(C)Nc1nc2cccc(C)n2n1. The summed E-state index contributed by atoms with van der Waals surface area (Å²) < 4.78 is 1.78. The fourth-order valence-electron chi connectivity index (χ4n) is 1.33. The molecule has 0 saturated heterocycles. The molecule has 0 radical (unpaired) electrons. The molecule has 2 heterocycles. The molecule has 0 aliphatic carbocycles. The van der Waals surface area contributed by atoms with Crippen molar-refractivity contribution in [2.75, 3.05) is 5.32 Å². The fourth-order valence-corrected chi connectivity index (χ4v) is 1.33. The molecule has 0 bridgehead atoms. The zero-order valence-corrected chi connectivity index (χ0v) is 8.73. The standard InChI is InChI=1S/C11H12N4/c1-4-8(2)12-11-13-10-7-5-6-9(3)15(10)14-11/h1,5-8H,2-3H3,(H,12,14). The van der Waals surface area contributed by atoms with Gasteiger partial charge < -0.3 is 5.32 Å². The number of rotatable bonds is 2. The van der Waals surface area contributed by atoms with Gasteiger partial charge in [-0.05, 0) is 26.0 Å². The van der Waals surface area contributed by atoms with Crippen LogP contribution in [-0.2, 0) is 0 Å². The van der Waals surface area contributed by atoms with E-state index in [0.717, 1.165) is 11.3 Å². The Kier molecular flexibility index (Phi) is 2.30. The van der Waals surface area contributed by atoms with Gasteiger partial charge in [0.15, 0.2) is 5.65 Å². The number of aryl methyl sites for hydroxylation is 1. The summed E-state index contributed by atoms with van der Waals surface area (Å²) in [5.41, 5.74) is 1.86. The van der Waals surface area contributed by atoms with Crippen molar-refractivity contribution in [3.8, 4) is 12.3 Å². The number of hydrogen-bond acceptors (Lipinski definition) is 3. The predicted molar refractivity (Wildman–Crippen MR) is 59.6 cm³/mol. The van der Waals surface area contributed by atoms with Crippen molar-refractivity contribution in [3.05, 3.63) is 23.9 Å². The number of nitrogens with zero attached hydrogens (tertiary/aromatic N) is 3. The summed E-state index contributed by atoms with van der Waals surface area (Å²) in [6.07, 6.45) is 5.27. The van der Waals surface area contributed by atoms with Crippen LogP contribution in [0.4, 0.5) is 5.95 Å². The van der Waals surface area contributed by atoms with E-state index < -0.39 is 0 Å². The van der Waals surface area contributed by atoms with E-state index in [-0.39, 0.29) is 6.04 Å². The molecule has 0 amide bonds. The molecule has 0 aliphatic rings. The van der Waals surface area contributed by atoms with Crippen molar-refractivity contribution in [2.24, 2.45) is 0 Å². The smallest absolute Gasteiger partial charge is 0.244 e. The van der Waals surface area contributed by atoms with Crippen LogP contribution >= 0.6 is 0 Å². The van der Waals surface area contributed by atoms with Gasteiger partial charge in [0, 0.05) is 5.69 Å². The van der Waals surface area contributed by atoms with Crippen molar-refractivity contribution in [1.82, 2.24) is 14.6 Å². The fraction of sp³-hybridized carbons (Fsp3) is 0.273. The van der Waals surface area contributed by atoms with Gasteiger partial charge in [0.1, 0.15) is 0 Å². The highest BCUT2D eigenvalue weighted by atomic mass is 15.4. The van der Waals surface area contributed by atoms with E-state index in [9.17, 15) is 0 Å². The molecule has 76 valence electrons. The Morgan fingerprint density at radius 1 is 1.53 bits per heavy atom. The largest absolute Gasteiger partial charge is 0.340 e. The Bertz CT molecular complexity index is 521. The maximum atomic E-state index is 5.27. The van der Waals surface area contributed by atoms with Crippen LogP contribution in [-0.4, -0.2) is 20.6 Å². The predicted octanol–water partition coefficient (Wildman–Crippen LogP) is 1.47. The lowest BCUT2D eigenvalue weighted by Crippen LogP contribution is -2.13. The molecule has 0 aliphatic heterocycles. The third kappa shape index (κ3) is 1.77. The van der Waals surface area contributed by atoms with Crippen LogP contribution in [0.3, 0.4) is 0 Å². The summed E-state index contributed by atoms with van der Waals surface area (Å²) >= 11 is 0. The minimum absolute atomic E-state index is 0.0669. The first kappa shape index (κ1) is 9.53. The minimum atomic E-state index is -0.0669. The third-order valence-electron chi connectivity index (χ3n) is 2.14. The Morgan fingerprint density at radius 3 is 3.00 bits per heavy atom. The molecule has 1 N–H and O–H groups in total. The van der Waals surface area contributed by atoms with Gasteiger partial charge in [-0.25, -0.2) is 4.52 Å². The lowest BCUT2D eigenvalue weighted by atomic mass is 10.4. The molecule has 0 fully saturated rings. The van der Waals surface area contributed by atoms with Gasteiger partial charge in [0.2, 0.25) is 5.95 Å². The van der Waals surface area contributed by atoms with Crippen LogP contribution in [0, 0.1) is 19.3 Å². The maximum absolute atomic E-state index is 5.27. The van der Waals surface area contributed by atoms with E-state index in [1.165, 1.54) is 0 Å². The first-order valence-electron chi connectivity index (χ1n) is 4.76. The average Bonchev–Trinajstić information content (AvgIpc) is 2.62. The van der Waals surface area contributed by atoms with Gasteiger partial charge in [-0.1, -0.05) is 12.0 Å². The average molecular weight is 200 g/mol. The maximum Gasteiger partial charge on any atom is 0.244 e. The van der Waals surface area contributed by atoms with Crippen LogP contribution in [0.15, 0.2) is 18.2 Å². The summed E-state index contributed by atoms with van der Waals surface area (Å²) in [4.78, 5) is 4.31. The third-order valence-corrected chi connectivity index (χ3v) is 2.14. The minimum Gasteiger partial charge on any atom is -0.340 e. The highest BCUT2D eigenvalue weighted by Crippen LogP contribution is 2.08. The highest BCUT2D eigenvalue weighted by molar-refractivity contribution is 5.45. The van der Waals surface area contributed by atoms with Crippen molar-refractivity contribution in [3.63, 3.8) is 0 Å². The molecule has 2 aromatic rings. The van der Waals surface area contributed by atoms with Crippen LogP contribution < -0.4 is 5.32 Å². The summed E-state index contributed by atoms with van der Waals surface area (Å²) in [5, 5.41) is 7.33. The van der Waals surface area contributed by atoms with Gasteiger partial charge in [-0.15, -0.1) is 11.5 Å². The Balaban J connectivity index is 2.40. The van der Waals surface area contributed by atoms with Gasteiger partial charge in [-0.2, -0.15) is 4.98 Å². The second-order valence-corrected chi connectivity index (χ2v) is 3.41. The summed E-state index contributed by atoms with van der Waals surface area (Å²) in [5.74, 6) is 3.14. The molecular weight excluding hydrogens is 188 g/mol. The molecule has 1 unspecified atom stereocenters. The molecule has 4 nitrogen and oxygen atoms in total. The number of fused-ring (bicyclic) bond motifs is 1. The molecule has 0 aromatic carbocycles. The van der Waals surface area contributed by atoms with Gasteiger partial charge in [-0.3, -0.25) is 0 Å². The second kappa shape index (κ2) is 3.62. The van der Waals surface area contributed by atoms with E-state index in [1.807, 2.05) is 32.0 Å². The number of nitrogens with one attached hydrogen (secondary N) is 1. The van der Waals surface area contributed by atoms with E-state index >= 15 is 0 Å². The summed E-state index contributed by atoms with van der Waals surface area (Å²) in [6, 6.07) is 5.78.